The topological polar surface area (TPSA) is 166 Å². The highest BCUT2D eigenvalue weighted by Gasteiger charge is 2.25. The third-order valence-electron chi connectivity index (χ3n) is 5.25. The maximum Gasteiger partial charge on any atom is 0.243 e. The average Bonchev–Trinajstić information content (AvgIpc) is 2.85. The predicted molar refractivity (Wildman–Crippen MR) is 125 cm³/mol. The zero-order valence-electron chi connectivity index (χ0n) is 18.9. The van der Waals surface area contributed by atoms with E-state index in [1.165, 1.54) is 12.1 Å². The van der Waals surface area contributed by atoms with E-state index in [1.807, 2.05) is 6.07 Å². The van der Waals surface area contributed by atoms with Crippen LogP contribution in [0.1, 0.15) is 11.1 Å². The van der Waals surface area contributed by atoms with Crippen LogP contribution in [0.5, 0.6) is 5.75 Å². The van der Waals surface area contributed by atoms with Gasteiger partial charge in [-0.2, -0.15) is 0 Å². The van der Waals surface area contributed by atoms with Crippen molar-refractivity contribution in [1.29, 1.82) is 0 Å². The first kappa shape index (κ1) is 25.2. The van der Waals surface area contributed by atoms with E-state index in [9.17, 15) is 29.1 Å². The summed E-state index contributed by atoms with van der Waals surface area (Å²) in [5, 5.41) is 21.9. The van der Waals surface area contributed by atoms with Crippen molar-refractivity contribution in [3.05, 3.63) is 65.7 Å². The summed E-state index contributed by atoms with van der Waals surface area (Å²) in [5.74, 6) is -2.97. The van der Waals surface area contributed by atoms with Crippen molar-refractivity contribution in [2.45, 2.75) is 24.9 Å². The molecule has 1 aliphatic heterocycles. The van der Waals surface area contributed by atoms with Crippen LogP contribution in [0.15, 0.2) is 54.6 Å². The summed E-state index contributed by atoms with van der Waals surface area (Å²) >= 11 is 0. The molecule has 0 unspecified atom stereocenters. The number of aromatic hydroxyl groups is 1. The molecule has 0 bridgehead atoms. The van der Waals surface area contributed by atoms with Crippen LogP contribution < -0.4 is 26.6 Å². The van der Waals surface area contributed by atoms with Gasteiger partial charge < -0.3 is 31.7 Å². The highest BCUT2D eigenvalue weighted by molar-refractivity contribution is 5.95. The number of carbonyl (C=O) groups is 5. The lowest BCUT2D eigenvalue weighted by Crippen LogP contribution is -2.53. The maximum atomic E-state index is 12.8. The van der Waals surface area contributed by atoms with Gasteiger partial charge in [0.25, 0.3) is 0 Å². The number of amides is 5. The van der Waals surface area contributed by atoms with Gasteiger partial charge in [-0.3, -0.25) is 24.0 Å². The first-order chi connectivity index (χ1) is 16.8. The number of phenols is 1. The Morgan fingerprint density at radius 1 is 0.600 bits per heavy atom. The Morgan fingerprint density at radius 2 is 1.06 bits per heavy atom. The first-order valence-electron chi connectivity index (χ1n) is 11.0. The number of carbonyl (C=O) groups excluding carboxylic acids is 5. The van der Waals surface area contributed by atoms with Crippen LogP contribution in [0.25, 0.3) is 0 Å². The van der Waals surface area contributed by atoms with Crippen LogP contribution in [-0.4, -0.2) is 66.4 Å². The van der Waals surface area contributed by atoms with Crippen molar-refractivity contribution in [3.63, 3.8) is 0 Å². The Kier molecular flexibility index (Phi) is 8.76. The number of hydrogen-bond donors (Lipinski definition) is 6. The molecule has 11 nitrogen and oxygen atoms in total. The van der Waals surface area contributed by atoms with Gasteiger partial charge in [-0.1, -0.05) is 42.5 Å². The molecule has 1 aliphatic rings. The zero-order chi connectivity index (χ0) is 25.2. The van der Waals surface area contributed by atoms with E-state index in [4.69, 9.17) is 0 Å². The molecular weight excluding hydrogens is 454 g/mol. The summed E-state index contributed by atoms with van der Waals surface area (Å²) < 4.78 is 0. The summed E-state index contributed by atoms with van der Waals surface area (Å²) in [6, 6.07) is 13.1. The van der Waals surface area contributed by atoms with E-state index < -0.39 is 54.7 Å². The molecule has 0 spiro atoms. The van der Waals surface area contributed by atoms with Crippen molar-refractivity contribution in [1.82, 2.24) is 26.6 Å². The van der Waals surface area contributed by atoms with Gasteiger partial charge in [0.15, 0.2) is 0 Å². The van der Waals surface area contributed by atoms with Crippen molar-refractivity contribution >= 4 is 29.5 Å². The summed E-state index contributed by atoms with van der Waals surface area (Å²) in [7, 11) is 0. The highest BCUT2D eigenvalue weighted by Crippen LogP contribution is 2.11. The van der Waals surface area contributed by atoms with Gasteiger partial charge in [-0.05, 0) is 23.3 Å². The molecule has 3 rings (SSSR count). The molecule has 6 N–H and O–H groups in total. The largest absolute Gasteiger partial charge is 0.508 e. The van der Waals surface area contributed by atoms with E-state index in [2.05, 4.69) is 26.6 Å². The quantitative estimate of drug-likeness (QED) is 0.311. The van der Waals surface area contributed by atoms with Crippen molar-refractivity contribution in [3.8, 4) is 5.75 Å². The lowest BCUT2D eigenvalue weighted by atomic mass is 10.0. The van der Waals surface area contributed by atoms with E-state index in [1.54, 1.807) is 36.4 Å². The van der Waals surface area contributed by atoms with Crippen LogP contribution in [0.4, 0.5) is 0 Å². The van der Waals surface area contributed by atoms with Gasteiger partial charge in [0.05, 0.1) is 19.6 Å². The fourth-order valence-corrected chi connectivity index (χ4v) is 3.45. The molecular formula is C24H27N5O6. The van der Waals surface area contributed by atoms with Gasteiger partial charge in [0.2, 0.25) is 29.5 Å². The molecule has 0 aliphatic carbocycles. The average molecular weight is 482 g/mol. The van der Waals surface area contributed by atoms with E-state index >= 15 is 0 Å². The lowest BCUT2D eigenvalue weighted by Gasteiger charge is -2.20. The Bertz CT molecular complexity index is 1070. The monoisotopic (exact) mass is 481 g/mol. The lowest BCUT2D eigenvalue weighted by molar-refractivity contribution is -0.131. The SMILES string of the molecule is O=C1CNC(=O)[C@H](Cc2ccccc2)NC(=O)CNC(=O)[C@@H](Cc2ccc(O)cc2)NC(=O)CN1. The third-order valence-corrected chi connectivity index (χ3v) is 5.25. The highest BCUT2D eigenvalue weighted by atomic mass is 16.3. The second kappa shape index (κ2) is 12.2. The van der Waals surface area contributed by atoms with E-state index in [0.29, 0.717) is 5.56 Å². The molecule has 2 atom stereocenters. The number of phenolic OH excluding ortho intramolecular Hbond substituents is 1. The van der Waals surface area contributed by atoms with Gasteiger partial charge >= 0.3 is 0 Å². The second-order valence-corrected chi connectivity index (χ2v) is 8.01. The summed E-state index contributed by atoms with van der Waals surface area (Å²) in [6.07, 6.45) is 0.265. The fraction of sp³-hybridized carbons (Fsp3) is 0.292. The molecule has 2 aromatic rings. The van der Waals surface area contributed by atoms with Crippen molar-refractivity contribution in [2.24, 2.45) is 0 Å². The van der Waals surface area contributed by atoms with Gasteiger partial charge in [-0.25, -0.2) is 0 Å². The predicted octanol–water partition coefficient (Wildman–Crippen LogP) is -1.49. The third kappa shape index (κ3) is 8.14. The minimum absolute atomic E-state index is 0.0527. The van der Waals surface area contributed by atoms with Crippen LogP contribution in [0.2, 0.25) is 0 Å². The molecule has 1 saturated heterocycles. The van der Waals surface area contributed by atoms with Crippen LogP contribution in [0, 0.1) is 0 Å². The molecule has 35 heavy (non-hydrogen) atoms. The number of benzene rings is 2. The molecule has 0 aromatic heterocycles. The zero-order valence-corrected chi connectivity index (χ0v) is 18.9. The van der Waals surface area contributed by atoms with Gasteiger partial charge in [0.1, 0.15) is 17.8 Å². The van der Waals surface area contributed by atoms with Crippen LogP contribution >= 0.6 is 0 Å². The Hall–Kier alpha value is -4.41. The minimum Gasteiger partial charge on any atom is -0.508 e. The molecule has 0 saturated carbocycles. The smallest absolute Gasteiger partial charge is 0.243 e. The Balaban J connectivity index is 1.75. The minimum atomic E-state index is -1.04. The summed E-state index contributed by atoms with van der Waals surface area (Å²) in [4.78, 5) is 62.5. The molecule has 2 aromatic carbocycles. The molecule has 0 radical (unpaired) electrons. The normalized spacial score (nSPS) is 20.3. The molecule has 11 heteroatoms. The van der Waals surface area contributed by atoms with E-state index in [-0.39, 0.29) is 25.1 Å². The molecule has 1 fully saturated rings. The molecule has 184 valence electrons. The van der Waals surface area contributed by atoms with Crippen molar-refractivity contribution in [2.75, 3.05) is 19.6 Å². The maximum absolute atomic E-state index is 12.8. The van der Waals surface area contributed by atoms with E-state index in [0.717, 1.165) is 5.56 Å². The molecule has 1 heterocycles. The van der Waals surface area contributed by atoms with Crippen LogP contribution in [0.3, 0.4) is 0 Å². The summed E-state index contributed by atoms with van der Waals surface area (Å²) in [6.45, 7) is -1.21. The second-order valence-electron chi connectivity index (χ2n) is 8.01. The Labute approximate surface area is 201 Å². The first-order valence-corrected chi connectivity index (χ1v) is 11.0. The van der Waals surface area contributed by atoms with Crippen molar-refractivity contribution < 1.29 is 29.1 Å². The standard InChI is InChI=1S/C24H27N5O6/c30-17-8-6-16(7-9-17)11-19-24(35)27-14-22(33)29-18(10-15-4-2-1-3-5-15)23(34)26-12-20(31)25-13-21(32)28-19/h1-9,18-19,30H,10-14H2,(H,25,31)(H,26,34)(H,27,35)(H,28,32)(H,29,33)/t18-,19+/m0/s1. The van der Waals surface area contributed by atoms with Crippen LogP contribution in [-0.2, 0) is 36.8 Å². The number of hydrogen-bond acceptors (Lipinski definition) is 6. The van der Waals surface area contributed by atoms with Gasteiger partial charge in [0, 0.05) is 12.8 Å². The number of nitrogens with one attached hydrogen (secondary N) is 5. The summed E-state index contributed by atoms with van der Waals surface area (Å²) in [5.41, 5.74) is 1.45. The Morgan fingerprint density at radius 3 is 1.60 bits per heavy atom. The number of rotatable bonds is 4. The fourth-order valence-electron chi connectivity index (χ4n) is 3.45. The van der Waals surface area contributed by atoms with Gasteiger partial charge in [-0.15, -0.1) is 0 Å². The molecule has 5 amide bonds.